The van der Waals surface area contributed by atoms with E-state index in [1.54, 1.807) is 6.07 Å². The molecule has 2 rings (SSSR count). The van der Waals surface area contributed by atoms with Gasteiger partial charge in [0.2, 0.25) is 5.60 Å². The van der Waals surface area contributed by atoms with Gasteiger partial charge in [0.25, 0.3) is 0 Å². The molecule has 1 atom stereocenters. The van der Waals surface area contributed by atoms with Crippen LogP contribution in [0.4, 0.5) is 13.2 Å². The molecule has 6 heteroatoms. The largest absolute Gasteiger partial charge is 0.425 e. The molecule has 0 fully saturated rings. The maximum absolute atomic E-state index is 13.4. The predicted octanol–water partition coefficient (Wildman–Crippen LogP) is 3.64. The number of pyridine rings is 1. The number of aromatic nitrogens is 1. The van der Waals surface area contributed by atoms with Gasteiger partial charge >= 0.3 is 6.18 Å². The highest BCUT2D eigenvalue weighted by molar-refractivity contribution is 9.10. The lowest BCUT2D eigenvalue weighted by atomic mass is 9.86. The van der Waals surface area contributed by atoms with Crippen molar-refractivity contribution in [3.8, 4) is 0 Å². The van der Waals surface area contributed by atoms with Gasteiger partial charge in [-0.15, -0.1) is 0 Å². The summed E-state index contributed by atoms with van der Waals surface area (Å²) in [5.74, 6) is 0. The van der Waals surface area contributed by atoms with E-state index in [-0.39, 0.29) is 15.6 Å². The maximum Gasteiger partial charge on any atom is 0.425 e. The summed E-state index contributed by atoms with van der Waals surface area (Å²) in [6.45, 7) is 0. The van der Waals surface area contributed by atoms with Crippen molar-refractivity contribution < 1.29 is 18.3 Å². The van der Waals surface area contributed by atoms with Crippen LogP contribution in [0.3, 0.4) is 0 Å². The van der Waals surface area contributed by atoms with Crippen molar-refractivity contribution in [1.82, 2.24) is 4.98 Å². The minimum absolute atomic E-state index is 0.187. The van der Waals surface area contributed by atoms with Crippen molar-refractivity contribution >= 4 is 15.9 Å². The third-order valence-corrected chi connectivity index (χ3v) is 3.46. The van der Waals surface area contributed by atoms with Gasteiger partial charge in [0, 0.05) is 28.0 Å². The van der Waals surface area contributed by atoms with Gasteiger partial charge in [-0.1, -0.05) is 34.1 Å². The van der Waals surface area contributed by atoms with Gasteiger partial charge in [0.05, 0.1) is 0 Å². The molecular formula is C13H9BrF3NO. The Kier molecular flexibility index (Phi) is 3.64. The van der Waals surface area contributed by atoms with E-state index in [2.05, 4.69) is 20.9 Å². The summed E-state index contributed by atoms with van der Waals surface area (Å²) in [6, 6.07) is 8.00. The summed E-state index contributed by atoms with van der Waals surface area (Å²) in [5, 5.41) is 10.3. The molecule has 1 aromatic carbocycles. The Morgan fingerprint density at radius 1 is 1.00 bits per heavy atom. The number of aliphatic hydroxyl groups is 1. The lowest BCUT2D eigenvalue weighted by Gasteiger charge is -2.32. The summed E-state index contributed by atoms with van der Waals surface area (Å²) >= 11 is 3.05. The van der Waals surface area contributed by atoms with Crippen molar-refractivity contribution in [2.45, 2.75) is 11.8 Å². The van der Waals surface area contributed by atoms with Crippen LogP contribution >= 0.6 is 15.9 Å². The highest BCUT2D eigenvalue weighted by Crippen LogP contribution is 2.46. The fraction of sp³-hybridized carbons (Fsp3) is 0.154. The molecule has 2 aromatic rings. The van der Waals surface area contributed by atoms with E-state index in [4.69, 9.17) is 0 Å². The molecule has 1 heterocycles. The Morgan fingerprint density at radius 3 is 2.11 bits per heavy atom. The molecule has 0 saturated heterocycles. The van der Waals surface area contributed by atoms with Crippen molar-refractivity contribution in [2.75, 3.05) is 0 Å². The Morgan fingerprint density at radius 2 is 1.58 bits per heavy atom. The van der Waals surface area contributed by atoms with Crippen molar-refractivity contribution in [2.24, 2.45) is 0 Å². The first-order valence-corrected chi connectivity index (χ1v) is 6.11. The van der Waals surface area contributed by atoms with E-state index in [0.29, 0.717) is 0 Å². The van der Waals surface area contributed by atoms with Gasteiger partial charge in [0.1, 0.15) is 0 Å². The third-order valence-electron chi connectivity index (χ3n) is 2.77. The first-order valence-electron chi connectivity index (χ1n) is 5.32. The van der Waals surface area contributed by atoms with Crippen LogP contribution in [0.15, 0.2) is 53.3 Å². The monoisotopic (exact) mass is 331 g/mol. The van der Waals surface area contributed by atoms with Crippen LogP contribution in [0.1, 0.15) is 11.1 Å². The molecule has 1 unspecified atom stereocenters. The van der Waals surface area contributed by atoms with Gasteiger partial charge < -0.3 is 5.11 Å². The van der Waals surface area contributed by atoms with Gasteiger partial charge in [0.15, 0.2) is 0 Å². The van der Waals surface area contributed by atoms with Crippen LogP contribution in [-0.4, -0.2) is 16.3 Å². The minimum atomic E-state index is -4.85. The molecule has 0 aliphatic carbocycles. The first kappa shape index (κ1) is 14.0. The molecule has 1 aromatic heterocycles. The van der Waals surface area contributed by atoms with E-state index in [1.165, 1.54) is 30.6 Å². The molecule has 0 aliphatic heterocycles. The van der Waals surface area contributed by atoms with Crippen molar-refractivity contribution in [3.63, 3.8) is 0 Å². The van der Waals surface area contributed by atoms with E-state index >= 15 is 0 Å². The highest BCUT2D eigenvalue weighted by atomic mass is 79.9. The standard InChI is InChI=1S/C13H9BrF3NO/c14-11-4-2-1-3-10(11)12(19,13(15,16)17)9-5-7-18-8-6-9/h1-8,19H. The average molecular weight is 332 g/mol. The average Bonchev–Trinajstić information content (AvgIpc) is 2.38. The molecule has 1 N–H and O–H groups in total. The molecule has 0 amide bonds. The van der Waals surface area contributed by atoms with Gasteiger partial charge in [-0.25, -0.2) is 0 Å². The normalized spacial score (nSPS) is 15.0. The molecule has 100 valence electrons. The number of alkyl halides is 3. The lowest BCUT2D eigenvalue weighted by molar-refractivity contribution is -0.248. The molecule has 2 nitrogen and oxygen atoms in total. The number of benzene rings is 1. The van der Waals surface area contributed by atoms with Crippen LogP contribution in [0, 0.1) is 0 Å². The molecule has 0 saturated carbocycles. The fourth-order valence-corrected chi connectivity index (χ4v) is 2.39. The van der Waals surface area contributed by atoms with Crippen LogP contribution < -0.4 is 0 Å². The number of hydrogen-bond acceptors (Lipinski definition) is 2. The van der Waals surface area contributed by atoms with E-state index < -0.39 is 11.8 Å². The van der Waals surface area contributed by atoms with Crippen molar-refractivity contribution in [3.05, 3.63) is 64.4 Å². The van der Waals surface area contributed by atoms with Gasteiger partial charge in [-0.3, -0.25) is 4.98 Å². The summed E-state index contributed by atoms with van der Waals surface area (Å²) in [7, 11) is 0. The molecule has 0 radical (unpaired) electrons. The lowest BCUT2D eigenvalue weighted by Crippen LogP contribution is -2.43. The van der Waals surface area contributed by atoms with Crippen LogP contribution in [0.25, 0.3) is 0 Å². The smallest absolute Gasteiger partial charge is 0.372 e. The molecule has 0 aliphatic rings. The van der Waals surface area contributed by atoms with Crippen LogP contribution in [-0.2, 0) is 5.60 Å². The number of hydrogen-bond donors (Lipinski definition) is 1. The number of halogens is 4. The predicted molar refractivity (Wildman–Crippen MR) is 67.4 cm³/mol. The second-order valence-electron chi connectivity index (χ2n) is 3.92. The highest BCUT2D eigenvalue weighted by Gasteiger charge is 2.56. The minimum Gasteiger partial charge on any atom is -0.372 e. The molecular weight excluding hydrogens is 323 g/mol. The maximum atomic E-state index is 13.4. The van der Waals surface area contributed by atoms with E-state index in [9.17, 15) is 18.3 Å². The van der Waals surface area contributed by atoms with Crippen molar-refractivity contribution in [1.29, 1.82) is 0 Å². The Hall–Kier alpha value is -1.40. The van der Waals surface area contributed by atoms with E-state index in [1.807, 2.05) is 0 Å². The summed E-state index contributed by atoms with van der Waals surface area (Å²) in [5.41, 5.74) is -3.61. The molecule has 0 spiro atoms. The Labute approximate surface area is 116 Å². The SMILES string of the molecule is OC(c1ccncc1)(c1ccccc1Br)C(F)(F)F. The Bertz CT molecular complexity index is 574. The first-order chi connectivity index (χ1) is 8.87. The van der Waals surface area contributed by atoms with Gasteiger partial charge in [-0.2, -0.15) is 13.2 Å². The summed E-state index contributed by atoms with van der Waals surface area (Å²) in [6.07, 6.45) is -2.43. The van der Waals surface area contributed by atoms with Crippen LogP contribution in [0.5, 0.6) is 0 Å². The Balaban J connectivity index is 2.71. The zero-order valence-corrected chi connectivity index (χ0v) is 11.1. The van der Waals surface area contributed by atoms with Crippen LogP contribution in [0.2, 0.25) is 0 Å². The number of rotatable bonds is 2. The number of nitrogens with zero attached hydrogens (tertiary/aromatic N) is 1. The summed E-state index contributed by atoms with van der Waals surface area (Å²) < 4.78 is 40.3. The van der Waals surface area contributed by atoms with E-state index in [0.717, 1.165) is 12.1 Å². The zero-order valence-electron chi connectivity index (χ0n) is 9.53. The topological polar surface area (TPSA) is 33.1 Å². The molecule has 19 heavy (non-hydrogen) atoms. The third kappa shape index (κ3) is 2.37. The zero-order chi connectivity index (χ0) is 14.1. The fourth-order valence-electron chi connectivity index (χ4n) is 1.82. The quantitative estimate of drug-likeness (QED) is 0.911. The second kappa shape index (κ2) is 4.94. The molecule has 0 bridgehead atoms. The van der Waals surface area contributed by atoms with Gasteiger partial charge in [-0.05, 0) is 18.2 Å². The second-order valence-corrected chi connectivity index (χ2v) is 4.78. The summed E-state index contributed by atoms with van der Waals surface area (Å²) in [4.78, 5) is 3.67.